The van der Waals surface area contributed by atoms with Crippen molar-refractivity contribution in [1.29, 1.82) is 5.26 Å². The minimum Gasteiger partial charge on any atom is -0.361 e. The fourth-order valence-corrected chi connectivity index (χ4v) is 1.50. The lowest BCUT2D eigenvalue weighted by atomic mass is 10.1. The molecule has 15 heavy (non-hydrogen) atoms. The standard InChI is InChI=1S/C11H9N3O/c12-5-7-14-11(15)9-2-1-3-10-8(9)4-6-13-10/h1-4,6,13H,7H2,(H,14,15). The molecule has 0 radical (unpaired) electrons. The largest absolute Gasteiger partial charge is 0.361 e. The summed E-state index contributed by atoms with van der Waals surface area (Å²) >= 11 is 0. The third-order valence-corrected chi connectivity index (χ3v) is 2.17. The van der Waals surface area contributed by atoms with E-state index in [1.807, 2.05) is 18.2 Å². The first-order chi connectivity index (χ1) is 7.33. The van der Waals surface area contributed by atoms with Gasteiger partial charge in [-0.2, -0.15) is 5.26 Å². The smallest absolute Gasteiger partial charge is 0.252 e. The van der Waals surface area contributed by atoms with Gasteiger partial charge in [0.2, 0.25) is 0 Å². The van der Waals surface area contributed by atoms with E-state index < -0.39 is 0 Å². The van der Waals surface area contributed by atoms with Gasteiger partial charge < -0.3 is 10.3 Å². The minimum absolute atomic E-state index is 0.0274. The molecule has 1 aromatic heterocycles. The van der Waals surface area contributed by atoms with Gasteiger partial charge in [-0.1, -0.05) is 6.07 Å². The Morgan fingerprint density at radius 1 is 1.47 bits per heavy atom. The molecule has 0 saturated carbocycles. The number of amides is 1. The zero-order valence-corrected chi connectivity index (χ0v) is 7.95. The van der Waals surface area contributed by atoms with Crippen LogP contribution >= 0.6 is 0 Å². The Kier molecular flexibility index (Phi) is 2.38. The van der Waals surface area contributed by atoms with Crippen molar-refractivity contribution in [3.8, 4) is 6.07 Å². The molecule has 2 rings (SSSR count). The van der Waals surface area contributed by atoms with Crippen LogP contribution in [0.3, 0.4) is 0 Å². The topological polar surface area (TPSA) is 68.7 Å². The average Bonchev–Trinajstić information content (AvgIpc) is 2.73. The molecule has 0 aliphatic heterocycles. The van der Waals surface area contributed by atoms with Gasteiger partial charge in [-0.05, 0) is 18.2 Å². The molecule has 4 nitrogen and oxygen atoms in total. The average molecular weight is 199 g/mol. The SMILES string of the molecule is N#CCNC(=O)c1cccc2[nH]ccc12. The molecular formula is C11H9N3O. The van der Waals surface area contributed by atoms with Crippen molar-refractivity contribution < 1.29 is 4.79 Å². The zero-order chi connectivity index (χ0) is 10.7. The highest BCUT2D eigenvalue weighted by Gasteiger charge is 2.08. The van der Waals surface area contributed by atoms with Crippen LogP contribution in [0.1, 0.15) is 10.4 Å². The molecule has 0 unspecified atom stereocenters. The van der Waals surface area contributed by atoms with E-state index in [-0.39, 0.29) is 12.5 Å². The second kappa shape index (κ2) is 3.84. The Bertz CT molecular complexity index is 536. The molecule has 2 aromatic rings. The predicted octanol–water partition coefficient (Wildman–Crippen LogP) is 1.42. The zero-order valence-electron chi connectivity index (χ0n) is 7.95. The van der Waals surface area contributed by atoms with E-state index in [0.29, 0.717) is 5.56 Å². The van der Waals surface area contributed by atoms with Gasteiger partial charge in [-0.3, -0.25) is 4.79 Å². The van der Waals surface area contributed by atoms with Crippen molar-refractivity contribution in [2.45, 2.75) is 0 Å². The number of nitrogens with one attached hydrogen (secondary N) is 2. The summed E-state index contributed by atoms with van der Waals surface area (Å²) in [7, 11) is 0. The minimum atomic E-state index is -0.221. The van der Waals surface area contributed by atoms with Crippen molar-refractivity contribution in [3.05, 3.63) is 36.0 Å². The molecule has 0 aliphatic carbocycles. The molecule has 4 heteroatoms. The lowest BCUT2D eigenvalue weighted by Crippen LogP contribution is -2.23. The second-order valence-corrected chi connectivity index (χ2v) is 3.09. The number of H-pyrrole nitrogens is 1. The van der Waals surface area contributed by atoms with Gasteiger partial charge in [0.1, 0.15) is 6.54 Å². The van der Waals surface area contributed by atoms with Gasteiger partial charge in [0.25, 0.3) is 5.91 Å². The summed E-state index contributed by atoms with van der Waals surface area (Å²) in [5, 5.41) is 11.7. The van der Waals surface area contributed by atoms with E-state index in [4.69, 9.17) is 5.26 Å². The number of carbonyl (C=O) groups is 1. The number of carbonyl (C=O) groups excluding carboxylic acids is 1. The molecule has 0 atom stereocenters. The Hall–Kier alpha value is -2.28. The molecule has 0 bridgehead atoms. The van der Waals surface area contributed by atoms with Crippen LogP contribution < -0.4 is 5.32 Å². The molecule has 1 heterocycles. The van der Waals surface area contributed by atoms with Crippen LogP contribution in [0.5, 0.6) is 0 Å². The van der Waals surface area contributed by atoms with Crippen molar-refractivity contribution in [2.24, 2.45) is 0 Å². The molecule has 0 aliphatic rings. The summed E-state index contributed by atoms with van der Waals surface area (Å²) in [5.74, 6) is -0.221. The number of hydrogen-bond donors (Lipinski definition) is 2. The number of rotatable bonds is 2. The molecule has 1 amide bonds. The number of aromatic nitrogens is 1. The van der Waals surface area contributed by atoms with Crippen molar-refractivity contribution >= 4 is 16.8 Å². The summed E-state index contributed by atoms with van der Waals surface area (Å²) in [6, 6.07) is 9.16. The normalized spacial score (nSPS) is 9.80. The first-order valence-electron chi connectivity index (χ1n) is 4.54. The lowest BCUT2D eigenvalue weighted by Gasteiger charge is -2.02. The Morgan fingerprint density at radius 2 is 2.33 bits per heavy atom. The predicted molar refractivity (Wildman–Crippen MR) is 56.2 cm³/mol. The Labute approximate surface area is 86.5 Å². The van der Waals surface area contributed by atoms with Crippen molar-refractivity contribution in [1.82, 2.24) is 10.3 Å². The Balaban J connectivity index is 2.39. The maximum absolute atomic E-state index is 11.6. The highest BCUT2D eigenvalue weighted by Crippen LogP contribution is 2.16. The van der Waals surface area contributed by atoms with E-state index in [9.17, 15) is 4.79 Å². The number of benzene rings is 1. The fraction of sp³-hybridized carbons (Fsp3) is 0.0909. The number of aromatic amines is 1. The van der Waals surface area contributed by atoms with Crippen LogP contribution in [0.15, 0.2) is 30.5 Å². The van der Waals surface area contributed by atoms with Gasteiger partial charge in [-0.25, -0.2) is 0 Å². The lowest BCUT2D eigenvalue weighted by molar-refractivity contribution is 0.0960. The van der Waals surface area contributed by atoms with Crippen molar-refractivity contribution in [2.75, 3.05) is 6.54 Å². The molecule has 1 aromatic carbocycles. The first-order valence-corrected chi connectivity index (χ1v) is 4.54. The maximum atomic E-state index is 11.6. The Morgan fingerprint density at radius 3 is 3.13 bits per heavy atom. The molecule has 0 spiro atoms. The van der Waals surface area contributed by atoms with E-state index in [2.05, 4.69) is 10.3 Å². The van der Waals surface area contributed by atoms with Gasteiger partial charge >= 0.3 is 0 Å². The van der Waals surface area contributed by atoms with Crippen LogP contribution in [0, 0.1) is 11.3 Å². The third-order valence-electron chi connectivity index (χ3n) is 2.17. The summed E-state index contributed by atoms with van der Waals surface area (Å²) in [5.41, 5.74) is 1.50. The quantitative estimate of drug-likeness (QED) is 0.718. The number of fused-ring (bicyclic) bond motifs is 1. The van der Waals surface area contributed by atoms with Gasteiger partial charge in [0.05, 0.1) is 6.07 Å². The fourth-order valence-electron chi connectivity index (χ4n) is 1.50. The number of hydrogen-bond acceptors (Lipinski definition) is 2. The summed E-state index contributed by atoms with van der Waals surface area (Å²) < 4.78 is 0. The van der Waals surface area contributed by atoms with Crippen LogP contribution in [0.25, 0.3) is 10.9 Å². The number of nitriles is 1. The van der Waals surface area contributed by atoms with E-state index in [1.165, 1.54) is 0 Å². The molecular weight excluding hydrogens is 190 g/mol. The van der Waals surface area contributed by atoms with Crippen LogP contribution in [-0.4, -0.2) is 17.4 Å². The van der Waals surface area contributed by atoms with Crippen LogP contribution in [-0.2, 0) is 0 Å². The molecule has 0 fully saturated rings. The molecule has 2 N–H and O–H groups in total. The van der Waals surface area contributed by atoms with Crippen molar-refractivity contribution in [3.63, 3.8) is 0 Å². The van der Waals surface area contributed by atoms with Crippen LogP contribution in [0.2, 0.25) is 0 Å². The molecule has 0 saturated heterocycles. The van der Waals surface area contributed by atoms with Gasteiger partial charge in [0, 0.05) is 22.7 Å². The first kappa shape index (κ1) is 9.28. The summed E-state index contributed by atoms with van der Waals surface area (Å²) in [6.07, 6.45) is 1.78. The van der Waals surface area contributed by atoms with Gasteiger partial charge in [0.15, 0.2) is 0 Å². The van der Waals surface area contributed by atoms with E-state index >= 15 is 0 Å². The highest BCUT2D eigenvalue weighted by atomic mass is 16.1. The number of nitrogens with zero attached hydrogens (tertiary/aromatic N) is 1. The summed E-state index contributed by atoms with van der Waals surface area (Å²) in [4.78, 5) is 14.7. The van der Waals surface area contributed by atoms with E-state index in [1.54, 1.807) is 18.3 Å². The van der Waals surface area contributed by atoms with Gasteiger partial charge in [-0.15, -0.1) is 0 Å². The maximum Gasteiger partial charge on any atom is 0.252 e. The second-order valence-electron chi connectivity index (χ2n) is 3.09. The van der Waals surface area contributed by atoms with E-state index in [0.717, 1.165) is 10.9 Å². The monoisotopic (exact) mass is 199 g/mol. The van der Waals surface area contributed by atoms with Crippen LogP contribution in [0.4, 0.5) is 0 Å². The summed E-state index contributed by atoms with van der Waals surface area (Å²) in [6.45, 7) is 0.0274. The third kappa shape index (κ3) is 1.67. The molecule has 74 valence electrons. The highest BCUT2D eigenvalue weighted by molar-refractivity contribution is 6.06.